The SMILES string of the molecule is CCOc1cc(CNc2ccc(N3CCOCC3)c(C(=O)O)c2)ccc1OCc1ccccc1Cl. The number of ether oxygens (including phenoxy) is 3. The number of nitrogens with one attached hydrogen (secondary N) is 1. The molecule has 0 saturated carbocycles. The molecule has 0 bridgehead atoms. The van der Waals surface area contributed by atoms with Gasteiger partial charge in [0.05, 0.1) is 31.1 Å². The Balaban J connectivity index is 1.45. The molecule has 0 amide bonds. The fraction of sp³-hybridized carbons (Fsp3) is 0.296. The monoisotopic (exact) mass is 496 g/mol. The second-order valence-electron chi connectivity index (χ2n) is 8.08. The van der Waals surface area contributed by atoms with Crippen molar-refractivity contribution in [3.63, 3.8) is 0 Å². The lowest BCUT2D eigenvalue weighted by atomic mass is 10.1. The van der Waals surface area contributed by atoms with Gasteiger partial charge in [0, 0.05) is 35.9 Å². The van der Waals surface area contributed by atoms with Gasteiger partial charge >= 0.3 is 5.97 Å². The van der Waals surface area contributed by atoms with Crippen LogP contribution in [0.1, 0.15) is 28.4 Å². The molecule has 0 aromatic heterocycles. The van der Waals surface area contributed by atoms with E-state index in [-0.39, 0.29) is 5.56 Å². The summed E-state index contributed by atoms with van der Waals surface area (Å²) in [6, 6.07) is 18.8. The largest absolute Gasteiger partial charge is 0.490 e. The number of nitrogens with zero attached hydrogens (tertiary/aromatic N) is 1. The number of anilines is 2. The molecule has 1 saturated heterocycles. The lowest BCUT2D eigenvalue weighted by Crippen LogP contribution is -2.37. The summed E-state index contributed by atoms with van der Waals surface area (Å²) in [6.45, 7) is 5.82. The second-order valence-corrected chi connectivity index (χ2v) is 8.49. The van der Waals surface area contributed by atoms with Crippen LogP contribution in [-0.2, 0) is 17.9 Å². The van der Waals surface area contributed by atoms with E-state index in [4.69, 9.17) is 25.8 Å². The number of morpholine rings is 1. The number of aromatic carboxylic acids is 1. The summed E-state index contributed by atoms with van der Waals surface area (Å²) < 4.78 is 17.2. The summed E-state index contributed by atoms with van der Waals surface area (Å²) in [6.07, 6.45) is 0. The van der Waals surface area contributed by atoms with E-state index in [1.54, 1.807) is 6.07 Å². The molecule has 3 aromatic carbocycles. The van der Waals surface area contributed by atoms with Crippen molar-refractivity contribution in [1.29, 1.82) is 0 Å². The predicted octanol–water partition coefficient (Wildman–Crippen LogP) is 5.46. The number of hydrogen-bond donors (Lipinski definition) is 2. The molecule has 8 heteroatoms. The van der Waals surface area contributed by atoms with Crippen LogP contribution in [-0.4, -0.2) is 44.0 Å². The normalized spacial score (nSPS) is 13.4. The van der Waals surface area contributed by atoms with Crippen LogP contribution in [0, 0.1) is 0 Å². The fourth-order valence-electron chi connectivity index (χ4n) is 3.92. The summed E-state index contributed by atoms with van der Waals surface area (Å²) in [4.78, 5) is 14.0. The van der Waals surface area contributed by atoms with Gasteiger partial charge in [-0.05, 0) is 48.9 Å². The Labute approximate surface area is 210 Å². The molecule has 3 aromatic rings. The van der Waals surface area contributed by atoms with E-state index in [0.717, 1.165) is 16.8 Å². The van der Waals surface area contributed by atoms with Crippen LogP contribution >= 0.6 is 11.6 Å². The quantitative estimate of drug-likeness (QED) is 0.385. The molecule has 0 spiro atoms. The summed E-state index contributed by atoms with van der Waals surface area (Å²) in [5.41, 5.74) is 3.60. The molecular formula is C27H29ClN2O5. The molecule has 1 heterocycles. The molecule has 1 aliphatic heterocycles. The predicted molar refractivity (Wildman–Crippen MR) is 137 cm³/mol. The summed E-state index contributed by atoms with van der Waals surface area (Å²) >= 11 is 6.24. The summed E-state index contributed by atoms with van der Waals surface area (Å²) in [5.74, 6) is 0.333. The van der Waals surface area contributed by atoms with Crippen LogP contribution in [0.2, 0.25) is 5.02 Å². The zero-order chi connectivity index (χ0) is 24.6. The summed E-state index contributed by atoms with van der Waals surface area (Å²) in [7, 11) is 0. The highest BCUT2D eigenvalue weighted by Gasteiger charge is 2.19. The first kappa shape index (κ1) is 24.7. The highest BCUT2D eigenvalue weighted by Crippen LogP contribution is 2.31. The van der Waals surface area contributed by atoms with Gasteiger partial charge in [0.1, 0.15) is 6.61 Å². The molecule has 35 heavy (non-hydrogen) atoms. The van der Waals surface area contributed by atoms with Gasteiger partial charge in [-0.25, -0.2) is 4.79 Å². The zero-order valence-electron chi connectivity index (χ0n) is 19.6. The van der Waals surface area contributed by atoms with Crippen LogP contribution in [0.25, 0.3) is 0 Å². The molecular weight excluding hydrogens is 468 g/mol. The summed E-state index contributed by atoms with van der Waals surface area (Å²) in [5, 5.41) is 13.7. The highest BCUT2D eigenvalue weighted by molar-refractivity contribution is 6.31. The van der Waals surface area contributed by atoms with Gasteiger partial charge in [0.25, 0.3) is 0 Å². The third-order valence-corrected chi connectivity index (χ3v) is 6.09. The van der Waals surface area contributed by atoms with E-state index in [1.807, 2.05) is 66.4 Å². The highest BCUT2D eigenvalue weighted by atomic mass is 35.5. The third-order valence-electron chi connectivity index (χ3n) is 5.72. The van der Waals surface area contributed by atoms with Gasteiger partial charge in [-0.3, -0.25) is 0 Å². The van der Waals surface area contributed by atoms with Crippen LogP contribution in [0.4, 0.5) is 11.4 Å². The Morgan fingerprint density at radius 1 is 1.06 bits per heavy atom. The van der Waals surface area contributed by atoms with Crippen molar-refractivity contribution in [3.05, 3.63) is 82.4 Å². The molecule has 7 nitrogen and oxygen atoms in total. The first-order valence-electron chi connectivity index (χ1n) is 11.6. The molecule has 0 atom stereocenters. The molecule has 0 radical (unpaired) electrons. The molecule has 0 unspecified atom stereocenters. The van der Waals surface area contributed by atoms with E-state index in [0.29, 0.717) is 68.3 Å². The number of rotatable bonds is 10. The maximum Gasteiger partial charge on any atom is 0.337 e. The second kappa shape index (κ2) is 11.8. The number of halogens is 1. The Hall–Kier alpha value is -3.42. The lowest BCUT2D eigenvalue weighted by molar-refractivity contribution is 0.0696. The average molecular weight is 497 g/mol. The number of carboxylic acid groups (broad SMARTS) is 1. The van der Waals surface area contributed by atoms with Crippen LogP contribution in [0.15, 0.2) is 60.7 Å². The smallest absolute Gasteiger partial charge is 0.337 e. The van der Waals surface area contributed by atoms with Crippen molar-refractivity contribution in [2.45, 2.75) is 20.1 Å². The van der Waals surface area contributed by atoms with Crippen LogP contribution in [0.5, 0.6) is 11.5 Å². The molecule has 184 valence electrons. The Kier molecular flexibility index (Phi) is 8.34. The molecule has 2 N–H and O–H groups in total. The molecule has 1 aliphatic rings. The van der Waals surface area contributed by atoms with Crippen molar-refractivity contribution in [2.24, 2.45) is 0 Å². The Morgan fingerprint density at radius 3 is 2.60 bits per heavy atom. The zero-order valence-corrected chi connectivity index (χ0v) is 20.4. The minimum atomic E-state index is -0.950. The van der Waals surface area contributed by atoms with E-state index < -0.39 is 5.97 Å². The minimum Gasteiger partial charge on any atom is -0.490 e. The molecule has 1 fully saturated rings. The van der Waals surface area contributed by atoms with E-state index in [9.17, 15) is 9.90 Å². The number of carboxylic acids is 1. The first-order valence-corrected chi connectivity index (χ1v) is 12.0. The van der Waals surface area contributed by atoms with Crippen molar-refractivity contribution in [2.75, 3.05) is 43.1 Å². The molecule has 4 rings (SSSR count). The van der Waals surface area contributed by atoms with Gasteiger partial charge in [0.2, 0.25) is 0 Å². The van der Waals surface area contributed by atoms with Crippen molar-refractivity contribution in [3.8, 4) is 11.5 Å². The minimum absolute atomic E-state index is 0.273. The standard InChI is InChI=1S/C27H29ClN2O5/c1-2-34-26-15-19(7-10-25(26)35-18-20-5-3-4-6-23(20)28)17-29-21-8-9-24(22(16-21)27(31)32)30-11-13-33-14-12-30/h3-10,15-16,29H,2,11-14,17-18H2,1H3,(H,31,32). The van der Waals surface area contributed by atoms with Gasteiger partial charge < -0.3 is 29.5 Å². The maximum atomic E-state index is 11.9. The first-order chi connectivity index (χ1) is 17.0. The number of hydrogen-bond acceptors (Lipinski definition) is 6. The third kappa shape index (κ3) is 6.38. The van der Waals surface area contributed by atoms with Gasteiger partial charge in [-0.2, -0.15) is 0 Å². The van der Waals surface area contributed by atoms with Crippen molar-refractivity contribution >= 4 is 28.9 Å². The van der Waals surface area contributed by atoms with E-state index in [2.05, 4.69) is 5.32 Å². The average Bonchev–Trinajstić information content (AvgIpc) is 2.88. The van der Waals surface area contributed by atoms with Crippen LogP contribution in [0.3, 0.4) is 0 Å². The maximum absolute atomic E-state index is 11.9. The fourth-order valence-corrected chi connectivity index (χ4v) is 4.11. The van der Waals surface area contributed by atoms with E-state index in [1.165, 1.54) is 0 Å². The van der Waals surface area contributed by atoms with Crippen molar-refractivity contribution < 1.29 is 24.1 Å². The van der Waals surface area contributed by atoms with Gasteiger partial charge in [-0.1, -0.05) is 35.9 Å². The Morgan fingerprint density at radius 2 is 1.86 bits per heavy atom. The van der Waals surface area contributed by atoms with E-state index >= 15 is 0 Å². The lowest BCUT2D eigenvalue weighted by Gasteiger charge is -2.30. The number of carbonyl (C=O) groups is 1. The van der Waals surface area contributed by atoms with Crippen molar-refractivity contribution in [1.82, 2.24) is 0 Å². The molecule has 0 aliphatic carbocycles. The Bertz CT molecular complexity index is 1160. The van der Waals surface area contributed by atoms with Gasteiger partial charge in [0.15, 0.2) is 11.5 Å². The number of benzene rings is 3. The van der Waals surface area contributed by atoms with Crippen LogP contribution < -0.4 is 19.7 Å². The topological polar surface area (TPSA) is 80.3 Å². The van der Waals surface area contributed by atoms with Gasteiger partial charge in [-0.15, -0.1) is 0 Å².